The minimum atomic E-state index is 1.09. The van der Waals surface area contributed by atoms with Crippen molar-refractivity contribution in [3.63, 3.8) is 0 Å². The number of aromatic nitrogens is 1. The molecule has 0 spiro atoms. The maximum absolute atomic E-state index is 3.55. The highest BCUT2D eigenvalue weighted by Gasteiger charge is 2.14. The first-order valence-electron chi connectivity index (χ1n) is 12.8. The molecule has 7 rings (SSSR count). The first kappa shape index (κ1) is 22.8. The molecule has 0 atom stereocenters. The van der Waals surface area contributed by atoms with Crippen LogP contribution in [0.4, 0.5) is 0 Å². The lowest BCUT2D eigenvalue weighted by Crippen LogP contribution is -1.93. The summed E-state index contributed by atoms with van der Waals surface area (Å²) in [6, 6.07) is 52.3. The van der Waals surface area contributed by atoms with Gasteiger partial charge in [0.25, 0.3) is 0 Å². The average molecular weight is 550 g/mol. The Bertz CT molecular complexity index is 1900. The highest BCUT2D eigenvalue weighted by molar-refractivity contribution is 9.10. The molecule has 7 aromatic rings. The van der Waals surface area contributed by atoms with E-state index in [2.05, 4.69) is 166 Å². The van der Waals surface area contributed by atoms with Crippen molar-refractivity contribution in [3.05, 3.63) is 150 Å². The van der Waals surface area contributed by atoms with Crippen LogP contribution in [-0.2, 0) is 0 Å². The van der Waals surface area contributed by atoms with Crippen molar-refractivity contribution >= 4 is 37.7 Å². The third kappa shape index (κ3) is 4.04. The molecule has 180 valence electrons. The molecule has 0 saturated carbocycles. The van der Waals surface area contributed by atoms with Crippen molar-refractivity contribution in [2.24, 2.45) is 0 Å². The second-order valence-corrected chi connectivity index (χ2v) is 10.5. The third-order valence-electron chi connectivity index (χ3n) is 7.26. The van der Waals surface area contributed by atoms with Crippen LogP contribution in [0.1, 0.15) is 0 Å². The lowest BCUT2D eigenvalue weighted by Gasteiger charge is -2.09. The van der Waals surface area contributed by atoms with Gasteiger partial charge in [-0.15, -0.1) is 0 Å². The molecule has 0 radical (unpaired) electrons. The Morgan fingerprint density at radius 2 is 0.816 bits per heavy atom. The van der Waals surface area contributed by atoms with E-state index in [-0.39, 0.29) is 0 Å². The van der Waals surface area contributed by atoms with Gasteiger partial charge in [0.15, 0.2) is 0 Å². The molecule has 6 aromatic carbocycles. The summed E-state index contributed by atoms with van der Waals surface area (Å²) in [5.41, 5.74) is 10.9. The van der Waals surface area contributed by atoms with E-state index in [9.17, 15) is 0 Å². The molecule has 0 amide bonds. The van der Waals surface area contributed by atoms with Crippen molar-refractivity contribution < 1.29 is 0 Å². The van der Waals surface area contributed by atoms with Crippen LogP contribution >= 0.6 is 15.9 Å². The van der Waals surface area contributed by atoms with Gasteiger partial charge < -0.3 is 4.57 Å². The molecule has 0 aliphatic carbocycles. The van der Waals surface area contributed by atoms with Crippen molar-refractivity contribution in [1.29, 1.82) is 0 Å². The molecule has 0 aliphatic rings. The first-order valence-corrected chi connectivity index (χ1v) is 13.6. The van der Waals surface area contributed by atoms with E-state index in [1.807, 2.05) is 0 Å². The number of fused-ring (bicyclic) bond motifs is 3. The Morgan fingerprint density at radius 1 is 0.368 bits per heavy atom. The smallest absolute Gasteiger partial charge is 0.0541 e. The summed E-state index contributed by atoms with van der Waals surface area (Å²) in [6.07, 6.45) is 0. The van der Waals surface area contributed by atoms with E-state index >= 15 is 0 Å². The summed E-state index contributed by atoms with van der Waals surface area (Å²) in [5.74, 6) is 0. The lowest BCUT2D eigenvalue weighted by atomic mass is 9.97. The summed E-state index contributed by atoms with van der Waals surface area (Å²) >= 11 is 3.55. The molecule has 1 heterocycles. The van der Waals surface area contributed by atoms with Crippen molar-refractivity contribution in [2.45, 2.75) is 0 Å². The molecular weight excluding hydrogens is 526 g/mol. The van der Waals surface area contributed by atoms with Gasteiger partial charge in [0.05, 0.1) is 11.0 Å². The molecule has 38 heavy (non-hydrogen) atoms. The van der Waals surface area contributed by atoms with E-state index < -0.39 is 0 Å². The number of hydrogen-bond donors (Lipinski definition) is 0. The van der Waals surface area contributed by atoms with Crippen molar-refractivity contribution in [1.82, 2.24) is 4.57 Å². The molecule has 0 bridgehead atoms. The lowest BCUT2D eigenvalue weighted by molar-refractivity contribution is 1.18. The van der Waals surface area contributed by atoms with Gasteiger partial charge in [-0.25, -0.2) is 0 Å². The quantitative estimate of drug-likeness (QED) is 0.205. The molecule has 0 saturated heterocycles. The van der Waals surface area contributed by atoms with Crippen LogP contribution in [0.2, 0.25) is 0 Å². The van der Waals surface area contributed by atoms with Crippen molar-refractivity contribution in [3.8, 4) is 39.1 Å². The predicted molar refractivity (Wildman–Crippen MR) is 165 cm³/mol. The van der Waals surface area contributed by atoms with Gasteiger partial charge in [-0.3, -0.25) is 0 Å². The highest BCUT2D eigenvalue weighted by atomic mass is 79.9. The monoisotopic (exact) mass is 549 g/mol. The van der Waals surface area contributed by atoms with E-state index in [1.165, 1.54) is 60.9 Å². The van der Waals surface area contributed by atoms with Crippen LogP contribution in [0, 0.1) is 0 Å². The summed E-state index contributed by atoms with van der Waals surface area (Å²) < 4.78 is 3.47. The van der Waals surface area contributed by atoms with E-state index in [0.29, 0.717) is 0 Å². The molecule has 1 nitrogen and oxygen atoms in total. The molecule has 2 heteroatoms. The number of para-hydroxylation sites is 1. The van der Waals surface area contributed by atoms with Crippen molar-refractivity contribution in [2.75, 3.05) is 0 Å². The fraction of sp³-hybridized carbons (Fsp3) is 0. The second-order valence-electron chi connectivity index (χ2n) is 9.59. The first-order chi connectivity index (χ1) is 18.7. The number of nitrogens with zero attached hydrogens (tertiary/aromatic N) is 1. The van der Waals surface area contributed by atoms with Gasteiger partial charge in [0.1, 0.15) is 0 Å². The van der Waals surface area contributed by atoms with Gasteiger partial charge in [0.2, 0.25) is 0 Å². The van der Waals surface area contributed by atoms with Crippen LogP contribution in [0.3, 0.4) is 0 Å². The zero-order chi connectivity index (χ0) is 25.5. The Kier molecular flexibility index (Phi) is 5.68. The molecule has 1 aromatic heterocycles. The fourth-order valence-electron chi connectivity index (χ4n) is 5.39. The molecule has 0 fully saturated rings. The standard InChI is InChI=1S/C36H24BrN/c37-31-18-14-26(15-19-31)27-10-7-11-28(22-27)30-17-21-36-34(24-30)33-23-29(25-8-3-1-4-9-25)16-20-35(33)38(36)32-12-5-2-6-13-32/h1-24H. The molecule has 0 N–H and O–H groups in total. The Morgan fingerprint density at radius 3 is 1.45 bits per heavy atom. The van der Waals surface area contributed by atoms with Gasteiger partial charge >= 0.3 is 0 Å². The maximum Gasteiger partial charge on any atom is 0.0541 e. The van der Waals surface area contributed by atoms with Gasteiger partial charge in [-0.05, 0) is 88.0 Å². The molecule has 0 aliphatic heterocycles. The minimum Gasteiger partial charge on any atom is -0.309 e. The van der Waals surface area contributed by atoms with Crippen LogP contribution in [0.25, 0.3) is 60.9 Å². The van der Waals surface area contributed by atoms with Gasteiger partial charge in [0, 0.05) is 20.9 Å². The normalized spacial score (nSPS) is 11.3. The SMILES string of the molecule is Brc1ccc(-c2cccc(-c3ccc4c(c3)c3cc(-c5ccccc5)ccc3n4-c3ccccc3)c2)cc1. The Labute approximate surface area is 230 Å². The van der Waals surface area contributed by atoms with Crippen LogP contribution in [0.5, 0.6) is 0 Å². The molecule has 0 unspecified atom stereocenters. The maximum atomic E-state index is 3.55. The zero-order valence-corrected chi connectivity index (χ0v) is 22.3. The Balaban J connectivity index is 1.44. The summed E-state index contributed by atoms with van der Waals surface area (Å²) in [4.78, 5) is 0. The average Bonchev–Trinajstić information content (AvgIpc) is 3.31. The van der Waals surface area contributed by atoms with Crippen LogP contribution < -0.4 is 0 Å². The highest BCUT2D eigenvalue weighted by Crippen LogP contribution is 2.37. The number of hydrogen-bond acceptors (Lipinski definition) is 0. The molecular formula is C36H24BrN. The fourth-order valence-corrected chi connectivity index (χ4v) is 5.65. The van der Waals surface area contributed by atoms with E-state index in [0.717, 1.165) is 4.47 Å². The summed E-state index contributed by atoms with van der Waals surface area (Å²) in [6.45, 7) is 0. The Hall–Kier alpha value is -4.40. The van der Waals surface area contributed by atoms with E-state index in [4.69, 9.17) is 0 Å². The second kappa shape index (κ2) is 9.48. The summed E-state index contributed by atoms with van der Waals surface area (Å²) in [5, 5.41) is 2.52. The third-order valence-corrected chi connectivity index (χ3v) is 7.79. The van der Waals surface area contributed by atoms with Crippen LogP contribution in [-0.4, -0.2) is 4.57 Å². The number of benzene rings is 6. The van der Waals surface area contributed by atoms with Gasteiger partial charge in [-0.2, -0.15) is 0 Å². The van der Waals surface area contributed by atoms with E-state index in [1.54, 1.807) is 0 Å². The zero-order valence-electron chi connectivity index (χ0n) is 20.7. The topological polar surface area (TPSA) is 4.93 Å². The number of halogens is 1. The van der Waals surface area contributed by atoms with Crippen LogP contribution in [0.15, 0.2) is 150 Å². The largest absolute Gasteiger partial charge is 0.309 e. The minimum absolute atomic E-state index is 1.09. The predicted octanol–water partition coefficient (Wildman–Crippen LogP) is 10.5. The number of rotatable bonds is 4. The summed E-state index contributed by atoms with van der Waals surface area (Å²) in [7, 11) is 0. The van der Waals surface area contributed by atoms with Gasteiger partial charge in [-0.1, -0.05) is 107 Å².